The van der Waals surface area contributed by atoms with Crippen LogP contribution in [0.1, 0.15) is 112 Å². The monoisotopic (exact) mass is 400 g/mol. The van der Waals surface area contributed by atoms with E-state index in [9.17, 15) is 5.11 Å². The first kappa shape index (κ1) is 21.9. The first-order chi connectivity index (χ1) is 13.7. The highest BCUT2D eigenvalue weighted by atomic mass is 16.3. The molecule has 166 valence electrons. The third-order valence-corrected chi connectivity index (χ3v) is 10.9. The molecule has 0 bridgehead atoms. The molecule has 0 aromatic heterocycles. The van der Waals surface area contributed by atoms with Gasteiger partial charge >= 0.3 is 0 Å². The van der Waals surface area contributed by atoms with Crippen molar-refractivity contribution < 1.29 is 5.11 Å². The van der Waals surface area contributed by atoms with Crippen molar-refractivity contribution in [2.45, 2.75) is 118 Å². The number of rotatable bonds is 5. The van der Waals surface area contributed by atoms with Crippen LogP contribution in [-0.2, 0) is 0 Å². The summed E-state index contributed by atoms with van der Waals surface area (Å²) in [6.07, 6.45) is 14.5. The average Bonchev–Trinajstić information content (AvgIpc) is 3.03. The topological polar surface area (TPSA) is 20.2 Å². The minimum absolute atomic E-state index is 0.0268. The fourth-order valence-electron chi connectivity index (χ4n) is 8.48. The van der Waals surface area contributed by atoms with E-state index in [4.69, 9.17) is 0 Å². The van der Waals surface area contributed by atoms with Gasteiger partial charge in [0.15, 0.2) is 0 Å². The summed E-state index contributed by atoms with van der Waals surface area (Å²) in [7, 11) is 0. The van der Waals surface area contributed by atoms with Gasteiger partial charge in [0.05, 0.1) is 6.10 Å². The molecule has 4 rings (SSSR count). The lowest BCUT2D eigenvalue weighted by atomic mass is 9.49. The zero-order valence-electron chi connectivity index (χ0n) is 20.3. The molecule has 0 spiro atoms. The lowest BCUT2D eigenvalue weighted by molar-refractivity contribution is -0.0381. The first-order valence-corrected chi connectivity index (χ1v) is 13.1. The van der Waals surface area contributed by atoms with Crippen LogP contribution in [0.15, 0.2) is 11.1 Å². The Morgan fingerprint density at radius 3 is 2.41 bits per heavy atom. The summed E-state index contributed by atoms with van der Waals surface area (Å²) in [4.78, 5) is 0. The quantitative estimate of drug-likeness (QED) is 0.467. The maximum Gasteiger partial charge on any atom is 0.0543 e. The van der Waals surface area contributed by atoms with Crippen LogP contribution in [0.5, 0.6) is 0 Å². The molecule has 0 saturated heterocycles. The molecule has 4 aliphatic carbocycles. The summed E-state index contributed by atoms with van der Waals surface area (Å²) in [5, 5.41) is 10.3. The zero-order valence-corrected chi connectivity index (χ0v) is 20.3. The van der Waals surface area contributed by atoms with Crippen molar-refractivity contribution in [1.29, 1.82) is 0 Å². The van der Waals surface area contributed by atoms with Crippen molar-refractivity contribution in [2.75, 3.05) is 0 Å². The van der Waals surface area contributed by atoms with E-state index in [0.717, 1.165) is 48.3 Å². The molecule has 8 atom stereocenters. The van der Waals surface area contributed by atoms with Gasteiger partial charge in [0.1, 0.15) is 0 Å². The van der Waals surface area contributed by atoms with E-state index < -0.39 is 0 Å². The van der Waals surface area contributed by atoms with Gasteiger partial charge in [0.25, 0.3) is 0 Å². The molecule has 29 heavy (non-hydrogen) atoms. The maximum atomic E-state index is 10.3. The Balaban J connectivity index is 1.53. The SMILES string of the molecule is CC(C)[C@H](C)CC[C@@H](C)[C@@H]1CCC2=C3CC[C@H]4C[C@H](O)CC[C@]4(C)[C@@H]3CC[C@@]21C. The minimum Gasteiger partial charge on any atom is -0.393 e. The van der Waals surface area contributed by atoms with Gasteiger partial charge in [0, 0.05) is 0 Å². The predicted molar refractivity (Wildman–Crippen MR) is 124 cm³/mol. The van der Waals surface area contributed by atoms with E-state index in [0.29, 0.717) is 10.8 Å². The number of allylic oxidation sites excluding steroid dienone is 2. The summed E-state index contributed by atoms with van der Waals surface area (Å²) in [5.41, 5.74) is 4.80. The first-order valence-electron chi connectivity index (χ1n) is 13.1. The summed E-state index contributed by atoms with van der Waals surface area (Å²) in [6.45, 7) is 15.0. The largest absolute Gasteiger partial charge is 0.393 e. The van der Waals surface area contributed by atoms with Crippen molar-refractivity contribution in [3.63, 3.8) is 0 Å². The van der Waals surface area contributed by atoms with Gasteiger partial charge < -0.3 is 5.11 Å². The Hall–Kier alpha value is -0.300. The van der Waals surface area contributed by atoms with Gasteiger partial charge in [-0.15, -0.1) is 0 Å². The zero-order chi connectivity index (χ0) is 21.0. The Morgan fingerprint density at radius 1 is 0.931 bits per heavy atom. The van der Waals surface area contributed by atoms with E-state index in [1.165, 1.54) is 57.8 Å². The molecule has 3 saturated carbocycles. The Bertz CT molecular complexity index is 632. The molecule has 1 N–H and O–H groups in total. The molecule has 1 nitrogen and oxygen atoms in total. The van der Waals surface area contributed by atoms with Gasteiger partial charge in [-0.2, -0.15) is 0 Å². The van der Waals surface area contributed by atoms with Gasteiger partial charge in [-0.05, 0) is 104 Å². The van der Waals surface area contributed by atoms with Crippen LogP contribution in [0.25, 0.3) is 0 Å². The van der Waals surface area contributed by atoms with Crippen molar-refractivity contribution >= 4 is 0 Å². The molecule has 0 aliphatic heterocycles. The van der Waals surface area contributed by atoms with E-state index in [1.54, 1.807) is 0 Å². The molecular formula is C28H48O. The van der Waals surface area contributed by atoms with Gasteiger partial charge in [-0.1, -0.05) is 65.5 Å². The van der Waals surface area contributed by atoms with Crippen LogP contribution in [-0.4, -0.2) is 11.2 Å². The number of aliphatic hydroxyl groups is 1. The molecule has 0 aromatic carbocycles. The number of aliphatic hydroxyl groups excluding tert-OH is 1. The molecule has 1 heteroatoms. The highest BCUT2D eigenvalue weighted by Crippen LogP contribution is 2.65. The molecule has 4 aliphatic rings. The van der Waals surface area contributed by atoms with Gasteiger partial charge in [-0.25, -0.2) is 0 Å². The number of hydrogen-bond acceptors (Lipinski definition) is 1. The lowest BCUT2D eigenvalue weighted by Crippen LogP contribution is -2.48. The normalized spacial score (nSPS) is 44.3. The Morgan fingerprint density at radius 2 is 1.69 bits per heavy atom. The molecule has 0 aromatic rings. The highest BCUT2D eigenvalue weighted by molar-refractivity contribution is 5.34. The second kappa shape index (κ2) is 7.99. The van der Waals surface area contributed by atoms with Crippen LogP contribution in [0.4, 0.5) is 0 Å². The van der Waals surface area contributed by atoms with Crippen LogP contribution in [0.3, 0.4) is 0 Å². The second-order valence-electron chi connectivity index (χ2n) is 12.6. The fourth-order valence-corrected chi connectivity index (χ4v) is 8.48. The van der Waals surface area contributed by atoms with E-state index >= 15 is 0 Å². The predicted octanol–water partition coefficient (Wildman–Crippen LogP) is 7.78. The Kier molecular flexibility index (Phi) is 6.04. The lowest BCUT2D eigenvalue weighted by Gasteiger charge is -2.56. The molecular weight excluding hydrogens is 352 g/mol. The maximum absolute atomic E-state index is 10.3. The molecule has 0 unspecified atom stereocenters. The number of fused-ring (bicyclic) bond motifs is 4. The van der Waals surface area contributed by atoms with E-state index in [-0.39, 0.29) is 6.10 Å². The second-order valence-corrected chi connectivity index (χ2v) is 12.6. The van der Waals surface area contributed by atoms with Crippen LogP contribution in [0.2, 0.25) is 0 Å². The van der Waals surface area contributed by atoms with Gasteiger partial charge in [-0.3, -0.25) is 0 Å². The third-order valence-electron chi connectivity index (χ3n) is 10.9. The molecule has 0 amide bonds. The van der Waals surface area contributed by atoms with Crippen molar-refractivity contribution in [3.05, 3.63) is 11.1 Å². The molecule has 3 fully saturated rings. The van der Waals surface area contributed by atoms with Crippen LogP contribution in [0, 0.1) is 46.3 Å². The fraction of sp³-hybridized carbons (Fsp3) is 0.929. The van der Waals surface area contributed by atoms with Crippen molar-refractivity contribution in [1.82, 2.24) is 0 Å². The summed E-state index contributed by atoms with van der Waals surface area (Å²) >= 11 is 0. The van der Waals surface area contributed by atoms with Crippen molar-refractivity contribution in [2.24, 2.45) is 46.3 Å². The molecule has 0 heterocycles. The van der Waals surface area contributed by atoms with Crippen LogP contribution >= 0.6 is 0 Å². The average molecular weight is 401 g/mol. The highest BCUT2D eigenvalue weighted by Gasteiger charge is 2.55. The smallest absolute Gasteiger partial charge is 0.0543 e. The molecule has 0 radical (unpaired) electrons. The number of hydrogen-bond donors (Lipinski definition) is 1. The van der Waals surface area contributed by atoms with Crippen LogP contribution < -0.4 is 0 Å². The summed E-state index contributed by atoms with van der Waals surface area (Å²) < 4.78 is 0. The summed E-state index contributed by atoms with van der Waals surface area (Å²) in [6, 6.07) is 0. The van der Waals surface area contributed by atoms with Gasteiger partial charge in [0.2, 0.25) is 0 Å². The van der Waals surface area contributed by atoms with E-state index in [2.05, 4.69) is 41.5 Å². The van der Waals surface area contributed by atoms with Crippen molar-refractivity contribution in [3.8, 4) is 0 Å². The minimum atomic E-state index is -0.0268. The summed E-state index contributed by atoms with van der Waals surface area (Å²) in [5.74, 6) is 5.04. The third kappa shape index (κ3) is 3.66. The standard InChI is InChI=1S/C28H48O/c1-18(2)19(3)7-8-20(4)24-11-12-25-23-10-9-21-17-22(29)13-15-27(21,5)26(23)14-16-28(24,25)6/h18-22,24,26,29H,7-17H2,1-6H3/t19-,20-,21+,22-,24+,26-,27+,28-/m1/s1. The van der Waals surface area contributed by atoms with E-state index in [1.807, 2.05) is 11.1 Å². The Labute approximate surface area is 181 Å².